The van der Waals surface area contributed by atoms with Crippen LogP contribution in [0.15, 0.2) is 24.3 Å². The molecule has 0 atom stereocenters. The van der Waals surface area contributed by atoms with Crippen LogP contribution in [0, 0.1) is 0 Å². The second-order valence-corrected chi connectivity index (χ2v) is 4.05. The number of alkyl halides is 1. The largest absolute Gasteiger partial charge is 0.346 e. The Labute approximate surface area is 92.3 Å². The maximum absolute atomic E-state index is 5.41. The van der Waals surface area contributed by atoms with Gasteiger partial charge in [-0.15, -0.1) is 0 Å². The zero-order chi connectivity index (χ0) is 9.80. The summed E-state index contributed by atoms with van der Waals surface area (Å²) in [6.07, 6.45) is 0.917. The molecule has 1 fully saturated rings. The molecule has 1 aliphatic heterocycles. The van der Waals surface area contributed by atoms with E-state index in [4.69, 9.17) is 9.47 Å². The van der Waals surface area contributed by atoms with Gasteiger partial charge in [0.05, 0.1) is 13.2 Å². The number of benzene rings is 1. The highest BCUT2D eigenvalue weighted by atomic mass is 79.9. The average molecular weight is 257 g/mol. The van der Waals surface area contributed by atoms with Gasteiger partial charge < -0.3 is 9.47 Å². The highest BCUT2D eigenvalue weighted by molar-refractivity contribution is 9.09. The van der Waals surface area contributed by atoms with Crippen molar-refractivity contribution in [3.8, 4) is 0 Å². The normalized spacial score (nSPS) is 17.5. The number of hydrogen-bond donors (Lipinski definition) is 0. The number of halogens is 1. The summed E-state index contributed by atoms with van der Waals surface area (Å²) in [5.41, 5.74) is 2.45. The zero-order valence-electron chi connectivity index (χ0n) is 7.91. The minimum absolute atomic E-state index is 0.145. The molecular formula is C11H13BrO2. The highest BCUT2D eigenvalue weighted by Crippen LogP contribution is 2.23. The van der Waals surface area contributed by atoms with Crippen LogP contribution in [0.25, 0.3) is 0 Å². The molecule has 3 heteroatoms. The molecule has 14 heavy (non-hydrogen) atoms. The number of aryl methyl sites for hydroxylation is 1. The second kappa shape index (κ2) is 4.91. The van der Waals surface area contributed by atoms with Crippen LogP contribution >= 0.6 is 15.9 Å². The predicted molar refractivity (Wildman–Crippen MR) is 58.6 cm³/mol. The van der Waals surface area contributed by atoms with Crippen LogP contribution in [0.5, 0.6) is 0 Å². The molecule has 0 saturated carbocycles. The molecule has 0 unspecified atom stereocenters. The molecule has 0 radical (unpaired) electrons. The average Bonchev–Trinajstić information content (AvgIpc) is 2.72. The Kier molecular flexibility index (Phi) is 3.56. The summed E-state index contributed by atoms with van der Waals surface area (Å²) in [7, 11) is 0. The van der Waals surface area contributed by atoms with E-state index in [2.05, 4.69) is 40.2 Å². The van der Waals surface area contributed by atoms with Gasteiger partial charge in [-0.2, -0.15) is 0 Å². The quantitative estimate of drug-likeness (QED) is 0.775. The third-order valence-electron chi connectivity index (χ3n) is 2.26. The van der Waals surface area contributed by atoms with Crippen molar-refractivity contribution >= 4 is 15.9 Å². The lowest BCUT2D eigenvalue weighted by Gasteiger charge is -2.09. The first kappa shape index (κ1) is 10.1. The number of ether oxygens (including phenoxy) is 2. The third-order valence-corrected chi connectivity index (χ3v) is 2.65. The van der Waals surface area contributed by atoms with Crippen molar-refractivity contribution in [1.29, 1.82) is 0 Å². The van der Waals surface area contributed by atoms with E-state index in [-0.39, 0.29) is 6.29 Å². The molecular weight excluding hydrogens is 244 g/mol. The standard InChI is InChI=1S/C11H13BrO2/c12-6-5-9-1-3-10(4-2-9)11-13-7-8-14-11/h1-4,11H,5-8H2. The van der Waals surface area contributed by atoms with E-state index < -0.39 is 0 Å². The Balaban J connectivity index is 2.05. The van der Waals surface area contributed by atoms with Crippen LogP contribution < -0.4 is 0 Å². The molecule has 1 heterocycles. The Hall–Kier alpha value is -0.380. The van der Waals surface area contributed by atoms with Gasteiger partial charge in [0.1, 0.15) is 0 Å². The topological polar surface area (TPSA) is 18.5 Å². The SMILES string of the molecule is BrCCc1ccc(C2OCCO2)cc1. The summed E-state index contributed by atoms with van der Waals surface area (Å²) < 4.78 is 10.8. The van der Waals surface area contributed by atoms with E-state index >= 15 is 0 Å². The predicted octanol–water partition coefficient (Wildman–Crippen LogP) is 2.67. The molecule has 1 aromatic carbocycles. The van der Waals surface area contributed by atoms with Gasteiger partial charge in [-0.1, -0.05) is 40.2 Å². The molecule has 1 aliphatic rings. The molecule has 1 aromatic rings. The van der Waals surface area contributed by atoms with Crippen molar-refractivity contribution < 1.29 is 9.47 Å². The summed E-state index contributed by atoms with van der Waals surface area (Å²) in [5, 5.41) is 1.00. The third kappa shape index (κ3) is 2.35. The minimum atomic E-state index is -0.145. The van der Waals surface area contributed by atoms with Gasteiger partial charge in [-0.25, -0.2) is 0 Å². The summed E-state index contributed by atoms with van der Waals surface area (Å²) in [4.78, 5) is 0. The van der Waals surface area contributed by atoms with Crippen molar-refractivity contribution in [2.45, 2.75) is 12.7 Å². The van der Waals surface area contributed by atoms with Gasteiger partial charge in [-0.3, -0.25) is 0 Å². The lowest BCUT2D eigenvalue weighted by atomic mass is 10.1. The van der Waals surface area contributed by atoms with E-state index in [0.717, 1.165) is 17.3 Å². The first-order valence-electron chi connectivity index (χ1n) is 4.78. The summed E-state index contributed by atoms with van der Waals surface area (Å²) in [6, 6.07) is 8.41. The van der Waals surface area contributed by atoms with E-state index in [1.54, 1.807) is 0 Å². The number of hydrogen-bond acceptors (Lipinski definition) is 2. The van der Waals surface area contributed by atoms with Crippen LogP contribution in [0.4, 0.5) is 0 Å². The minimum Gasteiger partial charge on any atom is -0.346 e. The van der Waals surface area contributed by atoms with E-state index in [0.29, 0.717) is 13.2 Å². The van der Waals surface area contributed by atoms with Crippen LogP contribution in [0.3, 0.4) is 0 Å². The van der Waals surface area contributed by atoms with Gasteiger partial charge >= 0.3 is 0 Å². The first-order chi connectivity index (χ1) is 6.90. The van der Waals surface area contributed by atoms with Gasteiger partial charge in [0, 0.05) is 10.9 Å². The van der Waals surface area contributed by atoms with E-state index in [1.807, 2.05) is 0 Å². The Morgan fingerprint density at radius 2 is 1.79 bits per heavy atom. The molecule has 2 nitrogen and oxygen atoms in total. The van der Waals surface area contributed by atoms with Crippen LogP contribution in [-0.2, 0) is 15.9 Å². The molecule has 1 saturated heterocycles. The fourth-order valence-electron chi connectivity index (χ4n) is 1.50. The number of rotatable bonds is 3. The highest BCUT2D eigenvalue weighted by Gasteiger charge is 2.17. The summed E-state index contributed by atoms with van der Waals surface area (Å²) >= 11 is 3.42. The smallest absolute Gasteiger partial charge is 0.184 e. The maximum atomic E-state index is 5.41. The summed E-state index contributed by atoms with van der Waals surface area (Å²) in [6.45, 7) is 1.40. The second-order valence-electron chi connectivity index (χ2n) is 3.25. The molecule has 0 spiro atoms. The van der Waals surface area contributed by atoms with E-state index in [1.165, 1.54) is 5.56 Å². The Morgan fingerprint density at radius 1 is 1.14 bits per heavy atom. The van der Waals surface area contributed by atoms with Crippen LogP contribution in [0.2, 0.25) is 0 Å². The fourth-order valence-corrected chi connectivity index (χ4v) is 1.96. The van der Waals surface area contributed by atoms with Crippen LogP contribution in [-0.4, -0.2) is 18.5 Å². The first-order valence-corrected chi connectivity index (χ1v) is 5.90. The lowest BCUT2D eigenvalue weighted by Crippen LogP contribution is -1.98. The molecule has 0 amide bonds. The maximum Gasteiger partial charge on any atom is 0.184 e. The van der Waals surface area contributed by atoms with Gasteiger partial charge in [0.25, 0.3) is 0 Å². The van der Waals surface area contributed by atoms with Crippen molar-refractivity contribution in [3.63, 3.8) is 0 Å². The zero-order valence-corrected chi connectivity index (χ0v) is 9.50. The van der Waals surface area contributed by atoms with E-state index in [9.17, 15) is 0 Å². The molecule has 0 aliphatic carbocycles. The van der Waals surface area contributed by atoms with Crippen molar-refractivity contribution in [2.24, 2.45) is 0 Å². The molecule has 0 aromatic heterocycles. The fraction of sp³-hybridized carbons (Fsp3) is 0.455. The van der Waals surface area contributed by atoms with Crippen molar-refractivity contribution in [1.82, 2.24) is 0 Å². The Morgan fingerprint density at radius 3 is 2.36 bits per heavy atom. The monoisotopic (exact) mass is 256 g/mol. The molecule has 2 rings (SSSR count). The van der Waals surface area contributed by atoms with Crippen molar-refractivity contribution in [2.75, 3.05) is 18.5 Å². The van der Waals surface area contributed by atoms with Crippen LogP contribution in [0.1, 0.15) is 17.4 Å². The van der Waals surface area contributed by atoms with Gasteiger partial charge in [-0.05, 0) is 12.0 Å². The van der Waals surface area contributed by atoms with Gasteiger partial charge in [0.15, 0.2) is 6.29 Å². The molecule has 0 N–H and O–H groups in total. The van der Waals surface area contributed by atoms with Gasteiger partial charge in [0.2, 0.25) is 0 Å². The van der Waals surface area contributed by atoms with Crippen molar-refractivity contribution in [3.05, 3.63) is 35.4 Å². The molecule has 0 bridgehead atoms. The summed E-state index contributed by atoms with van der Waals surface area (Å²) in [5.74, 6) is 0. The molecule has 76 valence electrons. The Bertz CT molecular complexity index is 278. The lowest BCUT2D eigenvalue weighted by molar-refractivity contribution is -0.0441.